The molecule has 1 aliphatic heterocycles. The Labute approximate surface area is 145 Å². The van der Waals surface area contributed by atoms with Gasteiger partial charge in [0, 0.05) is 24.5 Å². The first-order valence-corrected chi connectivity index (χ1v) is 8.94. The Morgan fingerprint density at radius 3 is 2.38 bits per heavy atom. The van der Waals surface area contributed by atoms with Crippen molar-refractivity contribution in [2.45, 2.75) is 64.6 Å². The maximum Gasteiger partial charge on any atom is 0.408 e. The summed E-state index contributed by atoms with van der Waals surface area (Å²) in [7, 11) is 0. The fraction of sp³-hybridized carbons (Fsp3) is 0.650. The van der Waals surface area contributed by atoms with E-state index in [9.17, 15) is 4.79 Å². The van der Waals surface area contributed by atoms with Crippen LogP contribution in [0.1, 0.15) is 59.1 Å². The number of likely N-dealkylation sites (tertiary alicyclic amines) is 1. The Bertz CT molecular complexity index is 604. The average Bonchev–Trinajstić information content (AvgIpc) is 3.20. The number of hydrogen-bond donors (Lipinski definition) is 1. The Hall–Kier alpha value is -1.55. The molecular weight excluding hydrogens is 300 g/mol. The molecule has 0 bridgehead atoms. The van der Waals surface area contributed by atoms with Crippen LogP contribution >= 0.6 is 0 Å². The molecule has 0 unspecified atom stereocenters. The van der Waals surface area contributed by atoms with Gasteiger partial charge in [0.1, 0.15) is 5.60 Å². The van der Waals surface area contributed by atoms with E-state index in [2.05, 4.69) is 54.4 Å². The molecule has 1 spiro atoms. The summed E-state index contributed by atoms with van der Waals surface area (Å²) in [6.07, 6.45) is 2.06. The van der Waals surface area contributed by atoms with Crippen LogP contribution in [-0.2, 0) is 4.74 Å². The Balaban J connectivity index is 1.72. The third-order valence-electron chi connectivity index (χ3n) is 5.66. The molecule has 1 saturated carbocycles. The van der Waals surface area contributed by atoms with Crippen molar-refractivity contribution >= 4 is 6.09 Å². The second kappa shape index (κ2) is 5.76. The van der Waals surface area contributed by atoms with Crippen molar-refractivity contribution in [3.8, 4) is 0 Å². The molecule has 4 heteroatoms. The number of rotatable bonds is 3. The van der Waals surface area contributed by atoms with Gasteiger partial charge in [0.25, 0.3) is 0 Å². The smallest absolute Gasteiger partial charge is 0.408 e. The molecule has 1 N–H and O–H groups in total. The summed E-state index contributed by atoms with van der Waals surface area (Å²) in [6.45, 7) is 12.0. The minimum atomic E-state index is -0.465. The lowest BCUT2D eigenvalue weighted by Crippen LogP contribution is -2.54. The lowest BCUT2D eigenvalue weighted by Gasteiger charge is -2.33. The predicted octanol–water partition coefficient (Wildman–Crippen LogP) is 4.13. The summed E-state index contributed by atoms with van der Waals surface area (Å²) >= 11 is 0. The fourth-order valence-electron chi connectivity index (χ4n) is 3.97. The average molecular weight is 330 g/mol. The topological polar surface area (TPSA) is 41.6 Å². The van der Waals surface area contributed by atoms with Crippen molar-refractivity contribution in [2.24, 2.45) is 5.41 Å². The van der Waals surface area contributed by atoms with E-state index < -0.39 is 5.60 Å². The van der Waals surface area contributed by atoms with Gasteiger partial charge in [0.15, 0.2) is 0 Å². The molecule has 0 radical (unpaired) electrons. The first-order chi connectivity index (χ1) is 11.1. The van der Waals surface area contributed by atoms with Crippen LogP contribution in [0.3, 0.4) is 0 Å². The molecule has 3 rings (SSSR count). The predicted molar refractivity (Wildman–Crippen MR) is 95.9 cm³/mol. The normalized spacial score (nSPS) is 27.0. The number of hydrogen-bond acceptors (Lipinski definition) is 3. The third kappa shape index (κ3) is 3.30. The number of nitrogens with one attached hydrogen (secondary N) is 1. The molecule has 2 atom stereocenters. The highest BCUT2D eigenvalue weighted by Gasteiger charge is 2.63. The highest BCUT2D eigenvalue weighted by Crippen LogP contribution is 2.59. The summed E-state index contributed by atoms with van der Waals surface area (Å²) in [5, 5.41) is 3.20. The standard InChI is InChI=1S/C20H30N2O2/c1-15(16-9-7-6-8-10-16)22-13-19(5,20(14-22)11-12-20)21-17(23)24-18(2,3)4/h6-10,15H,11-14H2,1-5H3,(H,21,23)/t15-,19-/m1/s1. The van der Waals surface area contributed by atoms with Gasteiger partial charge >= 0.3 is 6.09 Å². The van der Waals surface area contributed by atoms with Crippen molar-refractivity contribution in [1.82, 2.24) is 10.2 Å². The molecule has 1 aromatic rings. The highest BCUT2D eigenvalue weighted by molar-refractivity contribution is 5.69. The number of benzene rings is 1. The molecule has 1 heterocycles. The van der Waals surface area contributed by atoms with Crippen LogP contribution in [0.5, 0.6) is 0 Å². The second-order valence-electron chi connectivity index (χ2n) is 8.73. The molecule has 1 aromatic carbocycles. The van der Waals surface area contributed by atoms with Crippen molar-refractivity contribution < 1.29 is 9.53 Å². The maximum absolute atomic E-state index is 12.3. The van der Waals surface area contributed by atoms with Crippen LogP contribution in [0.25, 0.3) is 0 Å². The van der Waals surface area contributed by atoms with E-state index in [1.165, 1.54) is 18.4 Å². The van der Waals surface area contributed by atoms with Crippen LogP contribution in [0, 0.1) is 5.41 Å². The zero-order valence-electron chi connectivity index (χ0n) is 15.6. The lowest BCUT2D eigenvalue weighted by molar-refractivity contribution is 0.0435. The Morgan fingerprint density at radius 1 is 1.21 bits per heavy atom. The van der Waals surface area contributed by atoms with Crippen LogP contribution in [-0.4, -0.2) is 35.2 Å². The number of alkyl carbamates (subject to hydrolysis) is 1. The van der Waals surface area contributed by atoms with Gasteiger partial charge in [0.2, 0.25) is 0 Å². The molecule has 2 fully saturated rings. The second-order valence-corrected chi connectivity index (χ2v) is 8.73. The summed E-state index contributed by atoms with van der Waals surface area (Å²) < 4.78 is 5.50. The highest BCUT2D eigenvalue weighted by atomic mass is 16.6. The summed E-state index contributed by atoms with van der Waals surface area (Å²) in [6, 6.07) is 10.9. The van der Waals surface area contributed by atoms with E-state index in [4.69, 9.17) is 4.74 Å². The molecule has 2 aliphatic rings. The van der Waals surface area contributed by atoms with Gasteiger partial charge in [-0.05, 0) is 53.0 Å². The van der Waals surface area contributed by atoms with Gasteiger partial charge in [-0.25, -0.2) is 4.79 Å². The van der Waals surface area contributed by atoms with Gasteiger partial charge in [0.05, 0.1) is 5.54 Å². The number of nitrogens with zero attached hydrogens (tertiary/aromatic N) is 1. The minimum absolute atomic E-state index is 0.201. The summed E-state index contributed by atoms with van der Waals surface area (Å²) in [5.74, 6) is 0. The molecule has 4 nitrogen and oxygen atoms in total. The monoisotopic (exact) mass is 330 g/mol. The van der Waals surface area contributed by atoms with Crippen LogP contribution in [0.2, 0.25) is 0 Å². The minimum Gasteiger partial charge on any atom is -0.444 e. The van der Waals surface area contributed by atoms with E-state index >= 15 is 0 Å². The van der Waals surface area contributed by atoms with E-state index in [0.29, 0.717) is 6.04 Å². The Morgan fingerprint density at radius 2 is 1.83 bits per heavy atom. The van der Waals surface area contributed by atoms with Crippen molar-refractivity contribution in [1.29, 1.82) is 0 Å². The number of carbonyl (C=O) groups is 1. The third-order valence-corrected chi connectivity index (χ3v) is 5.66. The van der Waals surface area contributed by atoms with E-state index in [0.717, 1.165) is 13.1 Å². The van der Waals surface area contributed by atoms with Crippen molar-refractivity contribution in [2.75, 3.05) is 13.1 Å². The molecule has 132 valence electrons. The van der Waals surface area contributed by atoms with Crippen LogP contribution in [0.15, 0.2) is 30.3 Å². The zero-order chi connectivity index (χ0) is 17.6. The van der Waals surface area contributed by atoms with Crippen LogP contribution < -0.4 is 5.32 Å². The molecule has 1 saturated heterocycles. The molecular formula is C20H30N2O2. The maximum atomic E-state index is 12.3. The Kier molecular flexibility index (Phi) is 4.15. The zero-order valence-corrected chi connectivity index (χ0v) is 15.6. The lowest BCUT2D eigenvalue weighted by atomic mass is 9.86. The molecule has 24 heavy (non-hydrogen) atoms. The summed E-state index contributed by atoms with van der Waals surface area (Å²) in [5.41, 5.74) is 0.841. The quantitative estimate of drug-likeness (QED) is 0.906. The SMILES string of the molecule is C[C@H](c1ccccc1)N1CC2(CC2)[C@](C)(NC(=O)OC(C)(C)C)C1. The van der Waals surface area contributed by atoms with Crippen molar-refractivity contribution in [3.05, 3.63) is 35.9 Å². The number of carbonyl (C=O) groups excluding carboxylic acids is 1. The number of ether oxygens (including phenoxy) is 1. The van der Waals surface area contributed by atoms with E-state index in [1.54, 1.807) is 0 Å². The molecule has 1 aliphatic carbocycles. The van der Waals surface area contributed by atoms with Gasteiger partial charge in [-0.2, -0.15) is 0 Å². The first kappa shape index (κ1) is 17.3. The largest absolute Gasteiger partial charge is 0.444 e. The van der Waals surface area contributed by atoms with Gasteiger partial charge in [-0.1, -0.05) is 30.3 Å². The van der Waals surface area contributed by atoms with Crippen molar-refractivity contribution in [3.63, 3.8) is 0 Å². The van der Waals surface area contributed by atoms with E-state index in [-0.39, 0.29) is 17.0 Å². The molecule has 0 aromatic heterocycles. The fourth-order valence-corrected chi connectivity index (χ4v) is 3.97. The van der Waals surface area contributed by atoms with Gasteiger partial charge in [-0.15, -0.1) is 0 Å². The first-order valence-electron chi connectivity index (χ1n) is 8.94. The van der Waals surface area contributed by atoms with Crippen LogP contribution in [0.4, 0.5) is 4.79 Å². The molecule has 1 amide bonds. The van der Waals surface area contributed by atoms with Gasteiger partial charge < -0.3 is 10.1 Å². The number of amides is 1. The van der Waals surface area contributed by atoms with E-state index in [1.807, 2.05) is 20.8 Å². The summed E-state index contributed by atoms with van der Waals surface area (Å²) in [4.78, 5) is 14.8. The van der Waals surface area contributed by atoms with Gasteiger partial charge in [-0.3, -0.25) is 4.90 Å².